The van der Waals surface area contributed by atoms with Gasteiger partial charge in [0.2, 0.25) is 0 Å². The Morgan fingerprint density at radius 2 is 1.71 bits per heavy atom. The number of nitrogen functional groups attached to an aromatic ring is 1. The quantitative estimate of drug-likeness (QED) is 0.785. The van der Waals surface area contributed by atoms with Crippen LogP contribution in [0.3, 0.4) is 0 Å². The Labute approximate surface area is 99.1 Å². The Hall–Kier alpha value is -2.34. The van der Waals surface area contributed by atoms with E-state index in [2.05, 4.69) is 15.3 Å². The number of hydrogen-bond acceptors (Lipinski definition) is 6. The predicted molar refractivity (Wildman–Crippen MR) is 61.8 cm³/mol. The van der Waals surface area contributed by atoms with Crippen molar-refractivity contribution in [1.82, 2.24) is 9.97 Å². The van der Waals surface area contributed by atoms with Crippen LogP contribution in [-0.2, 0) is 0 Å². The minimum atomic E-state index is -0.0260. The van der Waals surface area contributed by atoms with Gasteiger partial charge < -0.3 is 11.1 Å². The monoisotopic (exact) mass is 228 g/mol. The molecule has 0 atom stereocenters. The molecule has 86 valence electrons. The second-order valence-corrected chi connectivity index (χ2v) is 4.00. The summed E-state index contributed by atoms with van der Waals surface area (Å²) in [5.41, 5.74) is 5.69. The van der Waals surface area contributed by atoms with Crippen LogP contribution in [-0.4, -0.2) is 16.0 Å². The van der Waals surface area contributed by atoms with Crippen molar-refractivity contribution in [1.29, 1.82) is 10.5 Å². The Kier molecular flexibility index (Phi) is 3.06. The maximum atomic E-state index is 8.85. The van der Waals surface area contributed by atoms with Gasteiger partial charge in [-0.1, -0.05) is 12.8 Å². The molecule has 1 aromatic heterocycles. The third-order valence-electron chi connectivity index (χ3n) is 2.83. The van der Waals surface area contributed by atoms with Crippen LogP contribution in [0.15, 0.2) is 0 Å². The van der Waals surface area contributed by atoms with Gasteiger partial charge in [0.25, 0.3) is 0 Å². The van der Waals surface area contributed by atoms with Gasteiger partial charge in [0.15, 0.2) is 23.0 Å². The first-order valence-electron chi connectivity index (χ1n) is 5.49. The van der Waals surface area contributed by atoms with E-state index in [1.165, 1.54) is 12.8 Å². The Bertz CT molecular complexity index is 504. The van der Waals surface area contributed by atoms with E-state index in [1.807, 2.05) is 6.07 Å². The third kappa shape index (κ3) is 2.26. The van der Waals surface area contributed by atoms with Crippen LogP contribution in [0.5, 0.6) is 0 Å². The molecule has 6 heteroatoms. The van der Waals surface area contributed by atoms with Crippen molar-refractivity contribution in [2.45, 2.75) is 31.7 Å². The maximum Gasteiger partial charge on any atom is 0.179 e. The minimum absolute atomic E-state index is 0.0159. The number of aromatic nitrogens is 2. The summed E-state index contributed by atoms with van der Waals surface area (Å²) < 4.78 is 0. The van der Waals surface area contributed by atoms with Gasteiger partial charge >= 0.3 is 0 Å². The lowest BCUT2D eigenvalue weighted by Crippen LogP contribution is -2.18. The number of nitriles is 2. The normalized spacial score (nSPS) is 15.2. The van der Waals surface area contributed by atoms with E-state index >= 15 is 0 Å². The number of nitrogens with two attached hydrogens (primary N) is 1. The van der Waals surface area contributed by atoms with Crippen molar-refractivity contribution in [2.75, 3.05) is 11.1 Å². The molecule has 6 nitrogen and oxygen atoms in total. The van der Waals surface area contributed by atoms with Crippen LogP contribution < -0.4 is 11.1 Å². The molecule has 0 spiro atoms. The topological polar surface area (TPSA) is 111 Å². The van der Waals surface area contributed by atoms with Crippen LogP contribution in [0.2, 0.25) is 0 Å². The summed E-state index contributed by atoms with van der Waals surface area (Å²) in [6.45, 7) is 0. The van der Waals surface area contributed by atoms with Crippen molar-refractivity contribution in [3.8, 4) is 12.1 Å². The second kappa shape index (κ2) is 4.67. The Morgan fingerprint density at radius 3 is 2.29 bits per heavy atom. The first kappa shape index (κ1) is 11.2. The maximum absolute atomic E-state index is 8.85. The Morgan fingerprint density at radius 1 is 1.12 bits per heavy atom. The molecule has 1 fully saturated rings. The van der Waals surface area contributed by atoms with E-state index in [-0.39, 0.29) is 17.2 Å². The van der Waals surface area contributed by atoms with Crippen molar-refractivity contribution >= 4 is 11.6 Å². The van der Waals surface area contributed by atoms with E-state index in [0.717, 1.165) is 12.8 Å². The highest BCUT2D eigenvalue weighted by molar-refractivity contribution is 5.59. The molecule has 1 aliphatic rings. The summed E-state index contributed by atoms with van der Waals surface area (Å²) in [5.74, 6) is 0.583. The zero-order valence-electron chi connectivity index (χ0n) is 9.27. The Balaban J connectivity index is 2.28. The van der Waals surface area contributed by atoms with Gasteiger partial charge in [-0.15, -0.1) is 0 Å². The van der Waals surface area contributed by atoms with E-state index in [1.54, 1.807) is 6.07 Å². The lowest BCUT2D eigenvalue weighted by molar-refractivity contribution is 0.749. The van der Waals surface area contributed by atoms with E-state index in [4.69, 9.17) is 16.3 Å². The van der Waals surface area contributed by atoms with Gasteiger partial charge in [0, 0.05) is 6.04 Å². The summed E-state index contributed by atoms with van der Waals surface area (Å²) in [7, 11) is 0. The largest absolute Gasteiger partial charge is 0.381 e. The van der Waals surface area contributed by atoms with Gasteiger partial charge in [-0.3, -0.25) is 0 Å². The molecule has 1 aliphatic carbocycles. The molecular formula is C11H12N6. The third-order valence-corrected chi connectivity index (χ3v) is 2.83. The zero-order chi connectivity index (χ0) is 12.3. The van der Waals surface area contributed by atoms with Crippen molar-refractivity contribution in [3.05, 3.63) is 11.4 Å². The number of rotatable bonds is 2. The molecule has 17 heavy (non-hydrogen) atoms. The average molecular weight is 228 g/mol. The molecule has 0 aliphatic heterocycles. The molecule has 0 amide bonds. The highest BCUT2D eigenvalue weighted by atomic mass is 15.1. The minimum Gasteiger partial charge on any atom is -0.381 e. The van der Waals surface area contributed by atoms with Gasteiger partial charge in [-0.2, -0.15) is 10.5 Å². The highest BCUT2D eigenvalue weighted by Crippen LogP contribution is 2.24. The van der Waals surface area contributed by atoms with Crippen LogP contribution in [0.1, 0.15) is 37.1 Å². The molecule has 0 radical (unpaired) electrons. The average Bonchev–Trinajstić information content (AvgIpc) is 2.84. The summed E-state index contributed by atoms with van der Waals surface area (Å²) >= 11 is 0. The fourth-order valence-corrected chi connectivity index (χ4v) is 1.97. The highest BCUT2D eigenvalue weighted by Gasteiger charge is 2.18. The van der Waals surface area contributed by atoms with Crippen LogP contribution in [0.4, 0.5) is 11.6 Å². The van der Waals surface area contributed by atoms with Crippen molar-refractivity contribution in [3.63, 3.8) is 0 Å². The zero-order valence-corrected chi connectivity index (χ0v) is 9.27. The van der Waals surface area contributed by atoms with Crippen LogP contribution in [0.25, 0.3) is 0 Å². The molecule has 1 heterocycles. The van der Waals surface area contributed by atoms with Crippen molar-refractivity contribution in [2.24, 2.45) is 0 Å². The standard InChI is InChI=1S/C11H12N6/c12-5-8-9(6-13)17-11(10(14)16-8)15-7-3-1-2-4-7/h7H,1-4H2,(H2,14,16)(H,15,17). The SMILES string of the molecule is N#Cc1nc(N)c(NC2CCCC2)nc1C#N. The summed E-state index contributed by atoms with van der Waals surface area (Å²) in [6.07, 6.45) is 4.52. The first-order valence-corrected chi connectivity index (χ1v) is 5.49. The van der Waals surface area contributed by atoms with E-state index in [0.29, 0.717) is 11.9 Å². The van der Waals surface area contributed by atoms with Gasteiger partial charge in [0.05, 0.1) is 0 Å². The summed E-state index contributed by atoms with van der Waals surface area (Å²) in [4.78, 5) is 7.92. The number of hydrogen-bond donors (Lipinski definition) is 2. The van der Waals surface area contributed by atoms with Crippen molar-refractivity contribution < 1.29 is 0 Å². The fourth-order valence-electron chi connectivity index (χ4n) is 1.97. The number of nitrogens with zero attached hydrogens (tertiary/aromatic N) is 4. The molecule has 0 aromatic carbocycles. The molecule has 2 rings (SSSR count). The van der Waals surface area contributed by atoms with E-state index < -0.39 is 0 Å². The fraction of sp³-hybridized carbons (Fsp3) is 0.455. The summed E-state index contributed by atoms with van der Waals surface area (Å²) in [5, 5.41) is 20.8. The lowest BCUT2D eigenvalue weighted by atomic mass is 10.2. The van der Waals surface area contributed by atoms with Gasteiger partial charge in [0.1, 0.15) is 12.1 Å². The molecule has 1 saturated carbocycles. The number of nitrogens with one attached hydrogen (secondary N) is 1. The van der Waals surface area contributed by atoms with Gasteiger partial charge in [-0.25, -0.2) is 9.97 Å². The molecule has 3 N–H and O–H groups in total. The first-order chi connectivity index (χ1) is 8.24. The molecule has 1 aromatic rings. The predicted octanol–water partition coefficient (Wildman–Crippen LogP) is 1.16. The van der Waals surface area contributed by atoms with Crippen LogP contribution in [0, 0.1) is 22.7 Å². The molecule has 0 unspecified atom stereocenters. The molecular weight excluding hydrogens is 216 g/mol. The second-order valence-electron chi connectivity index (χ2n) is 4.00. The lowest BCUT2D eigenvalue weighted by Gasteiger charge is -2.13. The number of anilines is 2. The van der Waals surface area contributed by atoms with E-state index in [9.17, 15) is 0 Å². The van der Waals surface area contributed by atoms with Crippen LogP contribution >= 0.6 is 0 Å². The van der Waals surface area contributed by atoms with Gasteiger partial charge in [-0.05, 0) is 12.8 Å². The molecule has 0 bridgehead atoms. The summed E-state index contributed by atoms with van der Waals surface area (Å²) in [6, 6.07) is 3.99. The smallest absolute Gasteiger partial charge is 0.179 e. The molecule has 0 saturated heterocycles.